The zero-order valence-electron chi connectivity index (χ0n) is 20.0. The second-order valence-electron chi connectivity index (χ2n) is 8.47. The van der Waals surface area contributed by atoms with Crippen LogP contribution in [-0.4, -0.2) is 86.0 Å². The van der Waals surface area contributed by atoms with Gasteiger partial charge in [0, 0.05) is 29.3 Å². The van der Waals surface area contributed by atoms with Gasteiger partial charge in [-0.2, -0.15) is 12.6 Å². The topological polar surface area (TPSA) is 224 Å². The number of aromatic nitrogens is 1. The maximum absolute atomic E-state index is 12.8. The molecule has 5 unspecified atom stereocenters. The molecule has 0 bridgehead atoms. The van der Waals surface area contributed by atoms with Crippen molar-refractivity contribution in [3.8, 4) is 0 Å². The Morgan fingerprint density at radius 1 is 1.00 bits per heavy atom. The van der Waals surface area contributed by atoms with Gasteiger partial charge in [-0.15, -0.1) is 0 Å². The second kappa shape index (κ2) is 13.6. The number of nitrogens with one attached hydrogen (secondary N) is 4. The van der Waals surface area contributed by atoms with Crippen molar-refractivity contribution in [2.45, 2.75) is 56.5 Å². The number of aliphatic hydroxyl groups is 1. The van der Waals surface area contributed by atoms with E-state index in [0.717, 1.165) is 23.4 Å². The summed E-state index contributed by atoms with van der Waals surface area (Å²) < 4.78 is 0. The number of hydrogen-bond donors (Lipinski definition) is 9. The molecular weight excluding hydrogens is 506 g/mol. The summed E-state index contributed by atoms with van der Waals surface area (Å²) in [4.78, 5) is 63.5. The minimum Gasteiger partial charge on any atom is -0.481 e. The molecule has 0 fully saturated rings. The molecule has 2 aromatic rings. The van der Waals surface area contributed by atoms with Crippen molar-refractivity contribution < 1.29 is 39.3 Å². The number of carbonyl (C=O) groups is 5. The zero-order valence-corrected chi connectivity index (χ0v) is 20.9. The highest BCUT2D eigenvalue weighted by Gasteiger charge is 2.32. The molecule has 0 aliphatic heterocycles. The lowest BCUT2D eigenvalue weighted by Crippen LogP contribution is -2.58. The third-order valence-electron chi connectivity index (χ3n) is 5.59. The third kappa shape index (κ3) is 8.48. The summed E-state index contributed by atoms with van der Waals surface area (Å²) in [6, 6.07) is 2.10. The fourth-order valence-corrected chi connectivity index (χ4v) is 3.81. The predicted molar refractivity (Wildman–Crippen MR) is 136 cm³/mol. The van der Waals surface area contributed by atoms with Crippen LogP contribution >= 0.6 is 12.6 Å². The largest absolute Gasteiger partial charge is 0.481 e. The highest BCUT2D eigenvalue weighted by molar-refractivity contribution is 7.80. The number of amides is 3. The van der Waals surface area contributed by atoms with E-state index in [4.69, 9.17) is 10.8 Å². The lowest BCUT2D eigenvalue weighted by Gasteiger charge is -2.25. The van der Waals surface area contributed by atoms with Crippen LogP contribution in [0.15, 0.2) is 30.5 Å². The molecule has 37 heavy (non-hydrogen) atoms. The number of hydrogen-bond acceptors (Lipinski definition) is 8. The molecule has 2 rings (SSSR count). The van der Waals surface area contributed by atoms with Gasteiger partial charge in [0.25, 0.3) is 0 Å². The van der Waals surface area contributed by atoms with E-state index in [-0.39, 0.29) is 18.6 Å². The van der Waals surface area contributed by atoms with Gasteiger partial charge in [-0.25, -0.2) is 4.79 Å². The summed E-state index contributed by atoms with van der Waals surface area (Å²) in [5, 5.41) is 35.5. The van der Waals surface area contributed by atoms with Gasteiger partial charge in [0.1, 0.15) is 12.1 Å². The quantitative estimate of drug-likeness (QED) is 0.131. The first-order valence-electron chi connectivity index (χ1n) is 11.4. The van der Waals surface area contributed by atoms with E-state index in [0.29, 0.717) is 0 Å². The van der Waals surface area contributed by atoms with Crippen LogP contribution in [0.25, 0.3) is 10.9 Å². The van der Waals surface area contributed by atoms with Crippen molar-refractivity contribution in [3.05, 3.63) is 36.0 Å². The number of carboxylic acid groups (broad SMARTS) is 2. The van der Waals surface area contributed by atoms with Gasteiger partial charge in [0.05, 0.1) is 12.1 Å². The third-order valence-corrected chi connectivity index (χ3v) is 5.96. The smallest absolute Gasteiger partial charge is 0.328 e. The van der Waals surface area contributed by atoms with Gasteiger partial charge >= 0.3 is 11.9 Å². The van der Waals surface area contributed by atoms with Crippen LogP contribution in [0.5, 0.6) is 0 Å². The number of nitrogens with two attached hydrogens (primary N) is 1. The van der Waals surface area contributed by atoms with Crippen molar-refractivity contribution >= 4 is 53.2 Å². The van der Waals surface area contributed by atoms with E-state index in [1.165, 1.54) is 0 Å². The average molecular weight is 538 g/mol. The molecular formula is C23H31N5O8S. The van der Waals surface area contributed by atoms with Crippen molar-refractivity contribution in [3.63, 3.8) is 0 Å². The van der Waals surface area contributed by atoms with E-state index in [1.54, 1.807) is 6.20 Å². The Bertz CT molecular complexity index is 1140. The molecule has 1 aromatic heterocycles. The Hall–Kier alpha value is -3.62. The standard InChI is InChI=1S/C23H31N5O8S/c1-11(29)19(23(35)36)28-21(33)16(6-7-18(30)31)26-22(34)17(10-37)27-20(32)14(24)8-12-9-25-15-5-3-2-4-13(12)15/h2-5,9,11,14,16-17,19,25,29,37H,6-8,10,24H2,1H3,(H,26,34)(H,27,32)(H,28,33)(H,30,31)(H,35,36). The van der Waals surface area contributed by atoms with Gasteiger partial charge in [-0.3, -0.25) is 19.2 Å². The molecule has 13 nitrogen and oxygen atoms in total. The molecule has 1 aromatic carbocycles. The molecule has 0 saturated carbocycles. The van der Waals surface area contributed by atoms with E-state index in [2.05, 4.69) is 33.6 Å². The normalized spacial score (nSPS) is 15.1. The number of rotatable bonds is 14. The van der Waals surface area contributed by atoms with Crippen LogP contribution in [0.1, 0.15) is 25.3 Å². The first-order chi connectivity index (χ1) is 17.4. The van der Waals surface area contributed by atoms with Crippen LogP contribution in [-0.2, 0) is 30.4 Å². The number of aliphatic hydroxyl groups excluding tert-OH is 1. The van der Waals surface area contributed by atoms with Crippen LogP contribution in [0.4, 0.5) is 0 Å². The number of carbonyl (C=O) groups excluding carboxylic acids is 3. The molecule has 0 saturated heterocycles. The van der Waals surface area contributed by atoms with Crippen molar-refractivity contribution in [2.75, 3.05) is 5.75 Å². The molecule has 0 aliphatic carbocycles. The highest BCUT2D eigenvalue weighted by Crippen LogP contribution is 2.18. The maximum atomic E-state index is 12.8. The number of aromatic amines is 1. The molecule has 0 radical (unpaired) electrons. The van der Waals surface area contributed by atoms with Crippen LogP contribution in [0, 0.1) is 0 Å². The van der Waals surface area contributed by atoms with E-state index in [1.807, 2.05) is 24.3 Å². The number of aliphatic carboxylic acids is 2. The Kier molecular flexibility index (Phi) is 10.9. The number of H-pyrrole nitrogens is 1. The molecule has 3 amide bonds. The summed E-state index contributed by atoms with van der Waals surface area (Å²) in [6.07, 6.45) is -0.425. The number of thiol groups is 1. The minimum atomic E-state index is -1.68. The van der Waals surface area contributed by atoms with Crippen molar-refractivity contribution in [2.24, 2.45) is 5.73 Å². The molecule has 9 N–H and O–H groups in total. The van der Waals surface area contributed by atoms with E-state index >= 15 is 0 Å². The van der Waals surface area contributed by atoms with Gasteiger partial charge in [-0.1, -0.05) is 18.2 Å². The van der Waals surface area contributed by atoms with Gasteiger partial charge in [-0.05, 0) is 31.4 Å². The predicted octanol–water partition coefficient (Wildman–Crippen LogP) is -1.25. The summed E-state index contributed by atoms with van der Waals surface area (Å²) in [5.41, 5.74) is 7.74. The van der Waals surface area contributed by atoms with Crippen molar-refractivity contribution in [1.29, 1.82) is 0 Å². The van der Waals surface area contributed by atoms with Crippen LogP contribution in [0.3, 0.4) is 0 Å². The maximum Gasteiger partial charge on any atom is 0.328 e. The Balaban J connectivity index is 2.06. The number of benzene rings is 1. The van der Waals surface area contributed by atoms with Crippen LogP contribution < -0.4 is 21.7 Å². The second-order valence-corrected chi connectivity index (χ2v) is 8.84. The number of fused-ring (bicyclic) bond motifs is 1. The Labute approximate surface area is 217 Å². The molecule has 202 valence electrons. The molecule has 14 heteroatoms. The molecule has 5 atom stereocenters. The van der Waals surface area contributed by atoms with Gasteiger partial charge in [0.15, 0.2) is 6.04 Å². The molecule has 0 spiro atoms. The summed E-state index contributed by atoms with van der Waals surface area (Å²) in [6.45, 7) is 1.15. The highest BCUT2D eigenvalue weighted by atomic mass is 32.1. The van der Waals surface area contributed by atoms with E-state index < -0.39 is 66.4 Å². The van der Waals surface area contributed by atoms with Gasteiger partial charge in [0.2, 0.25) is 17.7 Å². The summed E-state index contributed by atoms with van der Waals surface area (Å²) >= 11 is 4.08. The number of carboxylic acids is 2. The summed E-state index contributed by atoms with van der Waals surface area (Å²) in [7, 11) is 0. The fraction of sp³-hybridized carbons (Fsp3) is 0.435. The van der Waals surface area contributed by atoms with Crippen molar-refractivity contribution in [1.82, 2.24) is 20.9 Å². The zero-order chi connectivity index (χ0) is 27.7. The van der Waals surface area contributed by atoms with Crippen LogP contribution in [0.2, 0.25) is 0 Å². The van der Waals surface area contributed by atoms with Gasteiger partial charge < -0.3 is 42.0 Å². The Morgan fingerprint density at radius 3 is 2.22 bits per heavy atom. The summed E-state index contributed by atoms with van der Waals surface area (Å²) in [5.74, 6) is -5.45. The molecule has 1 heterocycles. The Morgan fingerprint density at radius 2 is 1.62 bits per heavy atom. The minimum absolute atomic E-state index is 0.171. The SMILES string of the molecule is CC(O)C(NC(=O)C(CCC(=O)O)NC(=O)C(CS)NC(=O)C(N)Cc1c[nH]c2ccccc12)C(=O)O. The fourth-order valence-electron chi connectivity index (χ4n) is 3.55. The first kappa shape index (κ1) is 29.6. The lowest BCUT2D eigenvalue weighted by molar-refractivity contribution is -0.145. The number of para-hydroxylation sites is 1. The molecule has 0 aliphatic rings. The van der Waals surface area contributed by atoms with E-state index in [9.17, 15) is 34.2 Å². The monoisotopic (exact) mass is 537 g/mol. The lowest BCUT2D eigenvalue weighted by atomic mass is 10.0. The average Bonchev–Trinajstić information content (AvgIpc) is 3.25. The first-order valence-corrected chi connectivity index (χ1v) is 12.0.